The third-order valence-corrected chi connectivity index (χ3v) is 5.96. The van der Waals surface area contributed by atoms with Crippen LogP contribution in [-0.2, 0) is 16.6 Å². The maximum absolute atomic E-state index is 12.7. The normalized spacial score (nSPS) is 11.2. The van der Waals surface area contributed by atoms with Crippen LogP contribution in [0.2, 0.25) is 0 Å². The molecule has 27 heavy (non-hydrogen) atoms. The molecular formula is C22H24N2O2S. The Morgan fingerprint density at radius 3 is 2.22 bits per heavy atom. The van der Waals surface area contributed by atoms with Crippen LogP contribution in [-0.4, -0.2) is 8.42 Å². The van der Waals surface area contributed by atoms with Crippen molar-refractivity contribution in [3.05, 3.63) is 89.0 Å². The topological polar surface area (TPSA) is 58.2 Å². The standard InChI is InChI=1S/C22H24N2O2S/c1-16-8-12-21(13-9-16)27(25,26)24-22-7-5-4-6-19(22)15-23-20-11-10-17(2)18(3)14-20/h4-14,23-24H,15H2,1-3H3. The van der Waals surface area contributed by atoms with Gasteiger partial charge in [-0.2, -0.15) is 0 Å². The van der Waals surface area contributed by atoms with Crippen molar-refractivity contribution in [2.45, 2.75) is 32.2 Å². The lowest BCUT2D eigenvalue weighted by molar-refractivity contribution is 0.601. The number of aryl methyl sites for hydroxylation is 3. The van der Waals surface area contributed by atoms with Crippen molar-refractivity contribution in [3.63, 3.8) is 0 Å². The molecule has 2 N–H and O–H groups in total. The second-order valence-corrected chi connectivity index (χ2v) is 8.41. The van der Waals surface area contributed by atoms with Crippen LogP contribution in [0.1, 0.15) is 22.3 Å². The highest BCUT2D eigenvalue weighted by Gasteiger charge is 2.15. The van der Waals surface area contributed by atoms with Crippen LogP contribution in [0.25, 0.3) is 0 Å². The molecule has 0 saturated heterocycles. The van der Waals surface area contributed by atoms with E-state index < -0.39 is 10.0 Å². The molecule has 5 heteroatoms. The summed E-state index contributed by atoms with van der Waals surface area (Å²) >= 11 is 0. The van der Waals surface area contributed by atoms with Crippen LogP contribution in [0, 0.1) is 20.8 Å². The summed E-state index contributed by atoms with van der Waals surface area (Å²) in [6.07, 6.45) is 0. The Balaban J connectivity index is 1.79. The zero-order valence-electron chi connectivity index (χ0n) is 15.8. The predicted molar refractivity (Wildman–Crippen MR) is 112 cm³/mol. The van der Waals surface area contributed by atoms with E-state index in [1.54, 1.807) is 30.3 Å². The highest BCUT2D eigenvalue weighted by molar-refractivity contribution is 7.92. The monoisotopic (exact) mass is 380 g/mol. The van der Waals surface area contributed by atoms with Gasteiger partial charge in [0, 0.05) is 12.2 Å². The fraction of sp³-hybridized carbons (Fsp3) is 0.182. The molecule has 140 valence electrons. The molecule has 0 aliphatic rings. The molecule has 3 rings (SSSR count). The van der Waals surface area contributed by atoms with Gasteiger partial charge in [-0.3, -0.25) is 4.72 Å². The summed E-state index contributed by atoms with van der Waals surface area (Å²) in [5, 5.41) is 3.37. The summed E-state index contributed by atoms with van der Waals surface area (Å²) < 4.78 is 28.1. The Labute approximate surface area is 161 Å². The van der Waals surface area contributed by atoms with Gasteiger partial charge < -0.3 is 5.32 Å². The lowest BCUT2D eigenvalue weighted by atomic mass is 10.1. The lowest BCUT2D eigenvalue weighted by Crippen LogP contribution is -2.15. The molecule has 0 saturated carbocycles. The highest BCUT2D eigenvalue weighted by Crippen LogP contribution is 2.22. The summed E-state index contributed by atoms with van der Waals surface area (Å²) in [6, 6.07) is 20.4. The van der Waals surface area contributed by atoms with E-state index in [1.165, 1.54) is 11.1 Å². The molecule has 0 aliphatic heterocycles. The van der Waals surface area contributed by atoms with Crippen LogP contribution >= 0.6 is 0 Å². The van der Waals surface area contributed by atoms with Gasteiger partial charge in [0.05, 0.1) is 10.6 Å². The van der Waals surface area contributed by atoms with Crippen molar-refractivity contribution in [2.24, 2.45) is 0 Å². The minimum absolute atomic E-state index is 0.255. The number of rotatable bonds is 6. The summed E-state index contributed by atoms with van der Waals surface area (Å²) in [5.74, 6) is 0. The molecule has 4 nitrogen and oxygen atoms in total. The maximum atomic E-state index is 12.7. The Kier molecular flexibility index (Phi) is 5.51. The first-order chi connectivity index (χ1) is 12.8. The van der Waals surface area contributed by atoms with E-state index in [0.717, 1.165) is 16.8 Å². The molecular weight excluding hydrogens is 356 g/mol. The molecule has 3 aromatic carbocycles. The van der Waals surface area contributed by atoms with Crippen LogP contribution in [0.15, 0.2) is 71.6 Å². The van der Waals surface area contributed by atoms with Gasteiger partial charge in [0.25, 0.3) is 10.0 Å². The van der Waals surface area contributed by atoms with Crippen molar-refractivity contribution in [1.29, 1.82) is 0 Å². The fourth-order valence-corrected chi connectivity index (χ4v) is 3.84. The third kappa shape index (κ3) is 4.68. The van der Waals surface area contributed by atoms with Gasteiger partial charge >= 0.3 is 0 Å². The minimum Gasteiger partial charge on any atom is -0.381 e. The Hall–Kier alpha value is -2.79. The van der Waals surface area contributed by atoms with Gasteiger partial charge in [-0.15, -0.1) is 0 Å². The highest BCUT2D eigenvalue weighted by atomic mass is 32.2. The average Bonchev–Trinajstić information content (AvgIpc) is 2.64. The number of nitrogens with one attached hydrogen (secondary N) is 2. The number of benzene rings is 3. The van der Waals surface area contributed by atoms with Gasteiger partial charge in [0.2, 0.25) is 0 Å². The second-order valence-electron chi connectivity index (χ2n) is 6.73. The van der Waals surface area contributed by atoms with E-state index in [2.05, 4.69) is 36.0 Å². The fourth-order valence-electron chi connectivity index (χ4n) is 2.74. The zero-order chi connectivity index (χ0) is 19.4. The second kappa shape index (κ2) is 7.84. The summed E-state index contributed by atoms with van der Waals surface area (Å²) in [5.41, 5.74) is 5.95. The van der Waals surface area contributed by atoms with E-state index in [0.29, 0.717) is 12.2 Å². The van der Waals surface area contributed by atoms with Crippen molar-refractivity contribution < 1.29 is 8.42 Å². The number of anilines is 2. The zero-order valence-corrected chi connectivity index (χ0v) is 16.6. The maximum Gasteiger partial charge on any atom is 0.261 e. The van der Waals surface area contributed by atoms with Gasteiger partial charge in [0.15, 0.2) is 0 Å². The SMILES string of the molecule is Cc1ccc(S(=O)(=O)Nc2ccccc2CNc2ccc(C)c(C)c2)cc1. The number of hydrogen-bond donors (Lipinski definition) is 2. The first kappa shape index (κ1) is 19.0. The van der Waals surface area contributed by atoms with Gasteiger partial charge in [-0.25, -0.2) is 8.42 Å². The first-order valence-corrected chi connectivity index (χ1v) is 10.3. The van der Waals surface area contributed by atoms with Gasteiger partial charge in [0.1, 0.15) is 0 Å². The quantitative estimate of drug-likeness (QED) is 0.631. The molecule has 0 fully saturated rings. The molecule has 0 amide bonds. The van der Waals surface area contributed by atoms with Gasteiger partial charge in [-0.1, -0.05) is 42.0 Å². The lowest BCUT2D eigenvalue weighted by Gasteiger charge is -2.14. The molecule has 0 radical (unpaired) electrons. The van der Waals surface area contributed by atoms with Crippen LogP contribution < -0.4 is 10.0 Å². The third-order valence-electron chi connectivity index (χ3n) is 4.58. The molecule has 0 aromatic heterocycles. The predicted octanol–water partition coefficient (Wildman–Crippen LogP) is 5.02. The number of para-hydroxylation sites is 1. The van der Waals surface area contributed by atoms with E-state index in [-0.39, 0.29) is 4.90 Å². The van der Waals surface area contributed by atoms with Crippen molar-refractivity contribution in [2.75, 3.05) is 10.0 Å². The van der Waals surface area contributed by atoms with E-state index in [1.807, 2.05) is 31.2 Å². The molecule has 0 bridgehead atoms. The number of sulfonamides is 1. The summed E-state index contributed by atoms with van der Waals surface area (Å²) in [6.45, 7) is 6.60. The van der Waals surface area contributed by atoms with Crippen molar-refractivity contribution in [3.8, 4) is 0 Å². The largest absolute Gasteiger partial charge is 0.381 e. The first-order valence-electron chi connectivity index (χ1n) is 8.84. The van der Waals surface area contributed by atoms with Crippen LogP contribution in [0.3, 0.4) is 0 Å². The van der Waals surface area contributed by atoms with Gasteiger partial charge in [-0.05, 0) is 67.8 Å². The molecule has 3 aromatic rings. The minimum atomic E-state index is -3.63. The Morgan fingerprint density at radius 1 is 0.815 bits per heavy atom. The summed E-state index contributed by atoms with van der Waals surface area (Å²) in [7, 11) is -3.63. The van der Waals surface area contributed by atoms with E-state index in [9.17, 15) is 8.42 Å². The Morgan fingerprint density at radius 2 is 1.52 bits per heavy atom. The van der Waals surface area contributed by atoms with E-state index >= 15 is 0 Å². The van der Waals surface area contributed by atoms with Crippen molar-refractivity contribution in [1.82, 2.24) is 0 Å². The average molecular weight is 381 g/mol. The van der Waals surface area contributed by atoms with E-state index in [4.69, 9.17) is 0 Å². The molecule has 0 spiro atoms. The Bertz CT molecular complexity index is 1040. The summed E-state index contributed by atoms with van der Waals surface area (Å²) in [4.78, 5) is 0.255. The van der Waals surface area contributed by atoms with Crippen LogP contribution in [0.4, 0.5) is 11.4 Å². The molecule has 0 aliphatic carbocycles. The van der Waals surface area contributed by atoms with Crippen LogP contribution in [0.5, 0.6) is 0 Å². The van der Waals surface area contributed by atoms with Crippen molar-refractivity contribution >= 4 is 21.4 Å². The smallest absolute Gasteiger partial charge is 0.261 e. The number of hydrogen-bond acceptors (Lipinski definition) is 3. The molecule has 0 unspecified atom stereocenters. The molecule has 0 heterocycles. The molecule has 0 atom stereocenters.